The fraction of sp³-hybridized carbons (Fsp3) is 0.167. The second kappa shape index (κ2) is 5.03. The molecule has 1 nitrogen and oxygen atoms in total. The normalized spacial score (nSPS) is 11.2. The van der Waals surface area contributed by atoms with Crippen LogP contribution in [0.5, 0.6) is 0 Å². The molecule has 0 aromatic rings. The van der Waals surface area contributed by atoms with E-state index in [9.17, 15) is 0 Å². The number of allylic oxidation sites excluding steroid dienone is 2. The summed E-state index contributed by atoms with van der Waals surface area (Å²) < 4.78 is 0.994. The molecule has 0 heterocycles. The quantitative estimate of drug-likeness (QED) is 0.386. The average Bonchev–Trinajstić information content (AvgIpc) is 1.66. The first kappa shape index (κ1) is 7.88. The number of nitrogens with zero attached hydrogens (tertiary/aromatic N) is 1. The van der Waals surface area contributed by atoms with Crippen molar-refractivity contribution < 1.29 is 0 Å². The van der Waals surface area contributed by atoms with Crippen LogP contribution in [0.3, 0.4) is 0 Å². The lowest BCUT2D eigenvalue weighted by Crippen LogP contribution is -1.55. The van der Waals surface area contributed by atoms with E-state index in [0.29, 0.717) is 0 Å². The summed E-state index contributed by atoms with van der Waals surface area (Å²) in [7, 11) is 0. The molecule has 0 N–H and O–H groups in total. The number of halogens is 1. The highest BCUT2D eigenvalue weighted by Gasteiger charge is 1.69. The van der Waals surface area contributed by atoms with Crippen LogP contribution in [-0.2, 0) is 0 Å². The Morgan fingerprint density at radius 2 is 2.38 bits per heavy atom. The standard InChI is InChI=1S/C6H8IN/c1-3-8-5-4-6(2)7/h3-5H,2H2,1H3/b5-4-,8-3-. The van der Waals surface area contributed by atoms with E-state index in [4.69, 9.17) is 0 Å². The fourth-order valence-corrected chi connectivity index (χ4v) is 0.371. The van der Waals surface area contributed by atoms with Crippen LogP contribution < -0.4 is 0 Å². The Labute approximate surface area is 63.3 Å². The van der Waals surface area contributed by atoms with Gasteiger partial charge in [0.2, 0.25) is 0 Å². The van der Waals surface area contributed by atoms with Gasteiger partial charge in [0.25, 0.3) is 0 Å². The predicted molar refractivity (Wildman–Crippen MR) is 46.5 cm³/mol. The largest absolute Gasteiger partial charge is 0.269 e. The molecule has 8 heavy (non-hydrogen) atoms. The third-order valence-electron chi connectivity index (χ3n) is 0.491. The highest BCUT2D eigenvalue weighted by molar-refractivity contribution is 14.1. The monoisotopic (exact) mass is 221 g/mol. The molecule has 44 valence electrons. The molecule has 0 rings (SSSR count). The fourth-order valence-electron chi connectivity index (χ4n) is 0.210. The van der Waals surface area contributed by atoms with Gasteiger partial charge in [0, 0.05) is 16.0 Å². The minimum absolute atomic E-state index is 0.994. The molecule has 0 amide bonds. The molecule has 0 spiro atoms. The second-order valence-electron chi connectivity index (χ2n) is 1.17. The minimum atomic E-state index is 0.994. The molecule has 0 saturated carbocycles. The summed E-state index contributed by atoms with van der Waals surface area (Å²) in [4.78, 5) is 3.84. The van der Waals surface area contributed by atoms with Crippen LogP contribution >= 0.6 is 22.6 Å². The van der Waals surface area contributed by atoms with Crippen LogP contribution in [0.2, 0.25) is 0 Å². The van der Waals surface area contributed by atoms with Crippen molar-refractivity contribution >= 4 is 28.8 Å². The molecule has 0 fully saturated rings. The molecule has 0 unspecified atom stereocenters. The lowest BCUT2D eigenvalue weighted by atomic mass is 10.6. The number of hydrogen-bond acceptors (Lipinski definition) is 1. The summed E-state index contributed by atoms with van der Waals surface area (Å²) in [6.07, 6.45) is 5.30. The van der Waals surface area contributed by atoms with E-state index in [1.54, 1.807) is 12.4 Å². The van der Waals surface area contributed by atoms with Crippen LogP contribution in [-0.4, -0.2) is 6.21 Å². The zero-order valence-electron chi connectivity index (χ0n) is 4.76. The van der Waals surface area contributed by atoms with Gasteiger partial charge in [-0.05, 0) is 35.6 Å². The minimum Gasteiger partial charge on any atom is -0.269 e. The highest BCUT2D eigenvalue weighted by Crippen LogP contribution is 2.01. The summed E-state index contributed by atoms with van der Waals surface area (Å²) in [5.74, 6) is 0. The molecule has 0 aliphatic rings. The van der Waals surface area contributed by atoms with E-state index < -0.39 is 0 Å². The molecule has 0 bridgehead atoms. The van der Waals surface area contributed by atoms with Gasteiger partial charge < -0.3 is 0 Å². The van der Waals surface area contributed by atoms with Gasteiger partial charge >= 0.3 is 0 Å². The molecular formula is C6H8IN. The van der Waals surface area contributed by atoms with Crippen LogP contribution in [0.1, 0.15) is 6.92 Å². The summed E-state index contributed by atoms with van der Waals surface area (Å²) in [6, 6.07) is 0. The molecule has 0 atom stereocenters. The van der Waals surface area contributed by atoms with Gasteiger partial charge in [-0.2, -0.15) is 0 Å². The van der Waals surface area contributed by atoms with Crippen LogP contribution in [0.15, 0.2) is 27.4 Å². The maximum atomic E-state index is 3.84. The molecular weight excluding hydrogens is 213 g/mol. The van der Waals surface area contributed by atoms with Gasteiger partial charge in [-0.25, -0.2) is 0 Å². The van der Waals surface area contributed by atoms with Gasteiger partial charge in [-0.1, -0.05) is 6.58 Å². The zero-order chi connectivity index (χ0) is 6.41. The Hall–Kier alpha value is -0.120. The van der Waals surface area contributed by atoms with Crippen molar-refractivity contribution in [3.8, 4) is 0 Å². The molecule has 0 aliphatic heterocycles. The smallest absolute Gasteiger partial charge is 0.0274 e. The molecule has 2 heteroatoms. The maximum absolute atomic E-state index is 3.84. The Balaban J connectivity index is 3.50. The number of aliphatic imine (C=N–C) groups is 1. The van der Waals surface area contributed by atoms with Crippen LogP contribution in [0.4, 0.5) is 0 Å². The summed E-state index contributed by atoms with van der Waals surface area (Å²) >= 11 is 2.13. The van der Waals surface area contributed by atoms with Crippen LogP contribution in [0.25, 0.3) is 0 Å². The summed E-state index contributed by atoms with van der Waals surface area (Å²) in [5.41, 5.74) is 0. The summed E-state index contributed by atoms with van der Waals surface area (Å²) in [5, 5.41) is 0. The predicted octanol–water partition coefficient (Wildman–Crippen LogP) is 2.54. The first-order valence-corrected chi connectivity index (χ1v) is 3.34. The van der Waals surface area contributed by atoms with Gasteiger partial charge in [-0.15, -0.1) is 0 Å². The topological polar surface area (TPSA) is 12.4 Å². The first-order valence-electron chi connectivity index (χ1n) is 2.26. The van der Waals surface area contributed by atoms with Crippen molar-refractivity contribution in [1.82, 2.24) is 0 Å². The van der Waals surface area contributed by atoms with Gasteiger partial charge in [0.1, 0.15) is 0 Å². The van der Waals surface area contributed by atoms with E-state index >= 15 is 0 Å². The molecule has 0 aromatic carbocycles. The lowest BCUT2D eigenvalue weighted by Gasteiger charge is -1.76. The van der Waals surface area contributed by atoms with E-state index in [1.807, 2.05) is 13.0 Å². The maximum Gasteiger partial charge on any atom is 0.0274 e. The molecule has 0 aliphatic carbocycles. The van der Waals surface area contributed by atoms with Crippen LogP contribution in [0, 0.1) is 0 Å². The van der Waals surface area contributed by atoms with Crippen molar-refractivity contribution in [2.45, 2.75) is 6.92 Å². The Morgan fingerprint density at radius 3 is 2.75 bits per heavy atom. The first-order chi connectivity index (χ1) is 3.77. The van der Waals surface area contributed by atoms with E-state index in [-0.39, 0.29) is 0 Å². The van der Waals surface area contributed by atoms with Crippen molar-refractivity contribution in [1.29, 1.82) is 0 Å². The molecule has 0 saturated heterocycles. The van der Waals surface area contributed by atoms with Crippen molar-refractivity contribution in [3.63, 3.8) is 0 Å². The van der Waals surface area contributed by atoms with E-state index in [2.05, 4.69) is 34.2 Å². The molecule has 0 radical (unpaired) electrons. The number of rotatable bonds is 2. The van der Waals surface area contributed by atoms with Gasteiger partial charge in [0.05, 0.1) is 0 Å². The Kier molecular flexibility index (Phi) is 4.95. The lowest BCUT2D eigenvalue weighted by molar-refractivity contribution is 1.57. The second-order valence-corrected chi connectivity index (χ2v) is 2.56. The van der Waals surface area contributed by atoms with Crippen molar-refractivity contribution in [2.75, 3.05) is 0 Å². The van der Waals surface area contributed by atoms with E-state index in [0.717, 1.165) is 3.58 Å². The van der Waals surface area contributed by atoms with Crippen molar-refractivity contribution in [3.05, 3.63) is 22.4 Å². The SMILES string of the molecule is C=C(I)/C=C\N=C/C. The van der Waals surface area contributed by atoms with Gasteiger partial charge in [0.15, 0.2) is 0 Å². The van der Waals surface area contributed by atoms with Crippen molar-refractivity contribution in [2.24, 2.45) is 4.99 Å². The third kappa shape index (κ3) is 5.88. The van der Waals surface area contributed by atoms with Gasteiger partial charge in [-0.3, -0.25) is 4.99 Å². The van der Waals surface area contributed by atoms with E-state index in [1.165, 1.54) is 0 Å². The third-order valence-corrected chi connectivity index (χ3v) is 0.850. The Morgan fingerprint density at radius 1 is 1.75 bits per heavy atom. The Bertz CT molecular complexity index is 124. The average molecular weight is 221 g/mol. The summed E-state index contributed by atoms with van der Waals surface area (Å²) in [6.45, 7) is 5.53. The number of hydrogen-bond donors (Lipinski definition) is 0. The zero-order valence-corrected chi connectivity index (χ0v) is 6.92. The molecule has 0 aromatic heterocycles. The highest BCUT2D eigenvalue weighted by atomic mass is 127.